The van der Waals surface area contributed by atoms with Gasteiger partial charge in [-0.25, -0.2) is 8.42 Å². The van der Waals surface area contributed by atoms with Crippen LogP contribution in [0, 0.1) is 0 Å². The van der Waals surface area contributed by atoms with Gasteiger partial charge in [0.25, 0.3) is 5.91 Å². The molecular formula is C10H11N5O3S. The normalized spacial score (nSPS) is 11.2. The van der Waals surface area contributed by atoms with E-state index in [0.29, 0.717) is 5.82 Å². The van der Waals surface area contributed by atoms with E-state index < -0.39 is 15.7 Å². The summed E-state index contributed by atoms with van der Waals surface area (Å²) in [5.74, 6) is -0.0667. The zero-order chi connectivity index (χ0) is 13.9. The van der Waals surface area contributed by atoms with Crippen molar-refractivity contribution < 1.29 is 13.2 Å². The average Bonchev–Trinajstić information content (AvgIpc) is 2.88. The van der Waals surface area contributed by atoms with Gasteiger partial charge in [-0.3, -0.25) is 4.79 Å². The number of aromatic nitrogens is 4. The van der Waals surface area contributed by atoms with Crippen molar-refractivity contribution in [2.75, 3.05) is 6.26 Å². The van der Waals surface area contributed by atoms with Gasteiger partial charge in [0, 0.05) is 11.8 Å². The number of sulfone groups is 1. The van der Waals surface area contributed by atoms with Gasteiger partial charge in [-0.2, -0.15) is 5.21 Å². The van der Waals surface area contributed by atoms with Gasteiger partial charge in [-0.05, 0) is 18.2 Å². The summed E-state index contributed by atoms with van der Waals surface area (Å²) >= 11 is 0. The van der Waals surface area contributed by atoms with Crippen LogP contribution in [0.5, 0.6) is 0 Å². The maximum atomic E-state index is 11.8. The number of nitrogens with zero attached hydrogens (tertiary/aromatic N) is 3. The monoisotopic (exact) mass is 281 g/mol. The number of hydrogen-bond acceptors (Lipinski definition) is 6. The van der Waals surface area contributed by atoms with Gasteiger partial charge in [0.1, 0.15) is 0 Å². The van der Waals surface area contributed by atoms with Crippen LogP contribution in [0.2, 0.25) is 0 Å². The molecule has 0 saturated carbocycles. The van der Waals surface area contributed by atoms with E-state index in [-0.39, 0.29) is 17.0 Å². The van der Waals surface area contributed by atoms with Crippen LogP contribution in [0.25, 0.3) is 0 Å². The van der Waals surface area contributed by atoms with Crippen LogP contribution in [0.1, 0.15) is 16.2 Å². The van der Waals surface area contributed by atoms with Crippen molar-refractivity contribution >= 4 is 15.7 Å². The molecule has 9 heteroatoms. The first-order valence-corrected chi connectivity index (χ1v) is 7.16. The van der Waals surface area contributed by atoms with Crippen LogP contribution < -0.4 is 5.32 Å². The van der Waals surface area contributed by atoms with Crippen molar-refractivity contribution in [1.82, 2.24) is 25.9 Å². The number of rotatable bonds is 4. The second-order valence-electron chi connectivity index (χ2n) is 3.81. The molecule has 0 aliphatic rings. The fourth-order valence-corrected chi connectivity index (χ4v) is 2.05. The van der Waals surface area contributed by atoms with Crippen LogP contribution in [0.15, 0.2) is 29.2 Å². The molecule has 1 amide bonds. The summed E-state index contributed by atoms with van der Waals surface area (Å²) in [5.41, 5.74) is 0.256. The third-order valence-electron chi connectivity index (χ3n) is 2.32. The molecule has 0 atom stereocenters. The Bertz CT molecular complexity index is 681. The number of hydrogen-bond donors (Lipinski definition) is 2. The smallest absolute Gasteiger partial charge is 0.251 e. The molecule has 0 aliphatic carbocycles. The number of carbonyl (C=O) groups excluding carboxylic acids is 1. The van der Waals surface area contributed by atoms with Gasteiger partial charge < -0.3 is 5.32 Å². The van der Waals surface area contributed by atoms with E-state index in [2.05, 4.69) is 25.9 Å². The number of nitrogens with one attached hydrogen (secondary N) is 2. The lowest BCUT2D eigenvalue weighted by molar-refractivity contribution is 0.0949. The summed E-state index contributed by atoms with van der Waals surface area (Å²) in [6, 6.07) is 5.80. The van der Waals surface area contributed by atoms with E-state index in [1.807, 2.05) is 0 Å². The molecule has 0 unspecified atom stereocenters. The van der Waals surface area contributed by atoms with E-state index in [0.717, 1.165) is 6.26 Å². The minimum absolute atomic E-state index is 0.0970. The minimum Gasteiger partial charge on any atom is -0.345 e. The molecule has 0 bridgehead atoms. The Morgan fingerprint density at radius 3 is 2.84 bits per heavy atom. The van der Waals surface area contributed by atoms with E-state index in [4.69, 9.17) is 0 Å². The molecule has 0 radical (unpaired) electrons. The second kappa shape index (κ2) is 5.14. The fourth-order valence-electron chi connectivity index (χ4n) is 1.39. The molecule has 0 saturated heterocycles. The molecule has 1 aromatic heterocycles. The van der Waals surface area contributed by atoms with E-state index >= 15 is 0 Å². The molecule has 2 aromatic rings. The number of benzene rings is 1. The Balaban J connectivity index is 2.11. The molecule has 8 nitrogen and oxygen atoms in total. The summed E-state index contributed by atoms with van der Waals surface area (Å²) in [6.07, 6.45) is 1.09. The highest BCUT2D eigenvalue weighted by atomic mass is 32.2. The Morgan fingerprint density at radius 1 is 1.42 bits per heavy atom. The predicted octanol–water partition coefficient (Wildman–Crippen LogP) is -0.467. The summed E-state index contributed by atoms with van der Waals surface area (Å²) < 4.78 is 22.8. The lowest BCUT2D eigenvalue weighted by atomic mass is 10.2. The highest BCUT2D eigenvalue weighted by Crippen LogP contribution is 2.11. The zero-order valence-corrected chi connectivity index (χ0v) is 10.8. The average molecular weight is 281 g/mol. The van der Waals surface area contributed by atoms with Crippen LogP contribution >= 0.6 is 0 Å². The van der Waals surface area contributed by atoms with Gasteiger partial charge in [-0.15, -0.1) is 10.2 Å². The van der Waals surface area contributed by atoms with Crippen molar-refractivity contribution in [3.63, 3.8) is 0 Å². The van der Waals surface area contributed by atoms with E-state index in [9.17, 15) is 13.2 Å². The Labute approximate surface area is 109 Å². The van der Waals surface area contributed by atoms with Gasteiger partial charge in [0.05, 0.1) is 11.4 Å². The molecule has 0 aliphatic heterocycles. The molecule has 100 valence electrons. The van der Waals surface area contributed by atoms with Gasteiger partial charge in [-0.1, -0.05) is 11.3 Å². The Kier molecular flexibility index (Phi) is 3.56. The van der Waals surface area contributed by atoms with Gasteiger partial charge in [0.15, 0.2) is 15.7 Å². The zero-order valence-electron chi connectivity index (χ0n) is 9.99. The molecule has 19 heavy (non-hydrogen) atoms. The third-order valence-corrected chi connectivity index (χ3v) is 3.43. The van der Waals surface area contributed by atoms with E-state index in [1.54, 1.807) is 0 Å². The summed E-state index contributed by atoms with van der Waals surface area (Å²) in [4.78, 5) is 11.9. The SMILES string of the molecule is CS(=O)(=O)c1cccc(C(=O)NCc2nn[nH]n2)c1. The molecule has 0 spiro atoms. The standard InChI is InChI=1S/C10H11N5O3S/c1-19(17,18)8-4-2-3-7(5-8)10(16)11-6-9-12-14-15-13-9/h2-5H,6H2,1H3,(H,11,16)(H,12,13,14,15). The maximum Gasteiger partial charge on any atom is 0.251 e. The van der Waals surface area contributed by atoms with Crippen LogP contribution in [-0.4, -0.2) is 41.2 Å². The van der Waals surface area contributed by atoms with Crippen LogP contribution in [0.4, 0.5) is 0 Å². The van der Waals surface area contributed by atoms with Gasteiger partial charge in [0.2, 0.25) is 0 Å². The number of aromatic amines is 1. The first kappa shape index (κ1) is 13.1. The molecule has 2 N–H and O–H groups in total. The number of amides is 1. The third kappa shape index (κ3) is 3.35. The first-order valence-electron chi connectivity index (χ1n) is 5.27. The fraction of sp³-hybridized carbons (Fsp3) is 0.200. The van der Waals surface area contributed by atoms with Crippen LogP contribution in [-0.2, 0) is 16.4 Å². The largest absolute Gasteiger partial charge is 0.345 e. The number of tetrazole rings is 1. The second-order valence-corrected chi connectivity index (χ2v) is 5.83. The molecule has 2 rings (SSSR count). The number of H-pyrrole nitrogens is 1. The van der Waals surface area contributed by atoms with Crippen molar-refractivity contribution in [1.29, 1.82) is 0 Å². The summed E-state index contributed by atoms with van der Waals surface area (Å²) in [6.45, 7) is 0.110. The molecule has 1 heterocycles. The highest BCUT2D eigenvalue weighted by Gasteiger charge is 2.11. The number of carbonyl (C=O) groups is 1. The molecule has 0 fully saturated rings. The maximum absolute atomic E-state index is 11.8. The van der Waals surface area contributed by atoms with Gasteiger partial charge >= 0.3 is 0 Å². The van der Waals surface area contributed by atoms with Crippen molar-refractivity contribution in [3.05, 3.63) is 35.7 Å². The Morgan fingerprint density at radius 2 is 2.21 bits per heavy atom. The lowest BCUT2D eigenvalue weighted by Crippen LogP contribution is -2.23. The summed E-state index contributed by atoms with van der Waals surface area (Å²) in [7, 11) is -3.34. The van der Waals surface area contributed by atoms with Crippen molar-refractivity contribution in [3.8, 4) is 0 Å². The quantitative estimate of drug-likeness (QED) is 0.782. The van der Waals surface area contributed by atoms with Crippen molar-refractivity contribution in [2.45, 2.75) is 11.4 Å². The minimum atomic E-state index is -3.34. The molecular weight excluding hydrogens is 270 g/mol. The predicted molar refractivity (Wildman–Crippen MR) is 64.9 cm³/mol. The van der Waals surface area contributed by atoms with Crippen LogP contribution in [0.3, 0.4) is 0 Å². The first-order chi connectivity index (χ1) is 8.97. The highest BCUT2D eigenvalue weighted by molar-refractivity contribution is 7.90. The Hall–Kier alpha value is -2.29. The van der Waals surface area contributed by atoms with E-state index in [1.165, 1.54) is 24.3 Å². The summed E-state index contributed by atoms with van der Waals surface area (Å²) in [5, 5.41) is 15.5. The van der Waals surface area contributed by atoms with Crippen molar-refractivity contribution in [2.24, 2.45) is 0 Å². The topological polar surface area (TPSA) is 118 Å². The lowest BCUT2D eigenvalue weighted by Gasteiger charge is -2.04. The molecule has 1 aromatic carbocycles.